The van der Waals surface area contributed by atoms with E-state index in [1.54, 1.807) is 43.8 Å². The van der Waals surface area contributed by atoms with Gasteiger partial charge in [0.15, 0.2) is 0 Å². The molecule has 0 aliphatic heterocycles. The summed E-state index contributed by atoms with van der Waals surface area (Å²) in [5.74, 6) is 1.75. The van der Waals surface area contributed by atoms with Crippen molar-refractivity contribution in [1.82, 2.24) is 0 Å². The Kier molecular flexibility index (Phi) is 5.18. The molecule has 25 heavy (non-hydrogen) atoms. The van der Waals surface area contributed by atoms with E-state index in [4.69, 9.17) is 15.2 Å². The topological polar surface area (TPSA) is 73.6 Å². The van der Waals surface area contributed by atoms with Gasteiger partial charge in [0, 0.05) is 10.9 Å². The maximum absolute atomic E-state index is 12.9. The average molecular weight is 360 g/mol. The smallest absolute Gasteiger partial charge is 0.259 e. The van der Waals surface area contributed by atoms with Crippen LogP contribution in [0, 0.1) is 5.92 Å². The number of rotatable bonds is 5. The number of nitrogens with two attached hydrogens (primary N) is 1. The van der Waals surface area contributed by atoms with Crippen molar-refractivity contribution in [3.8, 4) is 11.5 Å². The van der Waals surface area contributed by atoms with Gasteiger partial charge in [0.05, 0.1) is 30.5 Å². The third kappa shape index (κ3) is 3.44. The molecule has 1 aromatic carbocycles. The number of ether oxygens (including phenoxy) is 2. The lowest BCUT2D eigenvalue weighted by Crippen LogP contribution is -2.18. The third-order valence-corrected chi connectivity index (χ3v) is 5.94. The van der Waals surface area contributed by atoms with Crippen LogP contribution < -0.4 is 20.5 Å². The van der Waals surface area contributed by atoms with Gasteiger partial charge in [-0.3, -0.25) is 4.79 Å². The minimum absolute atomic E-state index is 0.184. The van der Waals surface area contributed by atoms with Crippen LogP contribution in [0.4, 0.5) is 10.7 Å². The second-order valence-corrected chi connectivity index (χ2v) is 7.42. The number of methoxy groups -OCH3 is 2. The molecule has 1 amide bonds. The number of carbonyl (C=O) groups is 1. The zero-order chi connectivity index (χ0) is 18.0. The number of fused-ring (bicyclic) bond motifs is 1. The Balaban J connectivity index is 1.89. The van der Waals surface area contributed by atoms with Crippen LogP contribution in [-0.4, -0.2) is 20.1 Å². The van der Waals surface area contributed by atoms with Gasteiger partial charge in [0.1, 0.15) is 11.5 Å². The summed E-state index contributed by atoms with van der Waals surface area (Å²) in [7, 11) is 3.16. The molecule has 3 rings (SSSR count). The van der Waals surface area contributed by atoms with Gasteiger partial charge < -0.3 is 20.5 Å². The standard InChI is InChI=1S/C19H24N2O3S/c1-4-11-5-7-13-16(9-11)25-18(20)17(13)19(22)21-14-10-12(23-2)6-8-15(14)24-3/h6,8,10-11H,4-5,7,9,20H2,1-3H3,(H,21,22). The predicted octanol–water partition coefficient (Wildman–Crippen LogP) is 4.11. The van der Waals surface area contributed by atoms with Gasteiger partial charge in [-0.15, -0.1) is 11.3 Å². The van der Waals surface area contributed by atoms with E-state index in [2.05, 4.69) is 12.2 Å². The molecule has 0 bridgehead atoms. The molecule has 1 aromatic heterocycles. The number of hydrogen-bond donors (Lipinski definition) is 2. The first kappa shape index (κ1) is 17.6. The summed E-state index contributed by atoms with van der Waals surface area (Å²) in [5, 5.41) is 3.54. The van der Waals surface area contributed by atoms with Gasteiger partial charge >= 0.3 is 0 Å². The Morgan fingerprint density at radius 3 is 2.84 bits per heavy atom. The molecule has 3 N–H and O–H groups in total. The SMILES string of the molecule is CCC1CCc2c(sc(N)c2C(=O)Nc2cc(OC)ccc2OC)C1. The van der Waals surface area contributed by atoms with Crippen LogP contribution >= 0.6 is 11.3 Å². The third-order valence-electron chi connectivity index (χ3n) is 4.85. The van der Waals surface area contributed by atoms with E-state index in [1.807, 2.05) is 0 Å². The number of anilines is 2. The van der Waals surface area contributed by atoms with Gasteiger partial charge in [0.2, 0.25) is 0 Å². The Hall–Kier alpha value is -2.21. The molecule has 1 heterocycles. The number of amides is 1. The van der Waals surface area contributed by atoms with Crippen LogP contribution in [-0.2, 0) is 12.8 Å². The summed E-state index contributed by atoms with van der Waals surface area (Å²) in [5.41, 5.74) is 8.51. The minimum atomic E-state index is -0.184. The summed E-state index contributed by atoms with van der Waals surface area (Å²) in [6.45, 7) is 2.22. The number of hydrogen-bond acceptors (Lipinski definition) is 5. The first-order valence-electron chi connectivity index (χ1n) is 8.50. The highest BCUT2D eigenvalue weighted by Crippen LogP contribution is 2.39. The van der Waals surface area contributed by atoms with Crippen LogP contribution in [0.5, 0.6) is 11.5 Å². The van der Waals surface area contributed by atoms with E-state index in [1.165, 1.54) is 11.3 Å². The van der Waals surface area contributed by atoms with Crippen LogP contribution in [0.3, 0.4) is 0 Å². The highest BCUT2D eigenvalue weighted by atomic mass is 32.1. The first-order valence-corrected chi connectivity index (χ1v) is 9.32. The van der Waals surface area contributed by atoms with E-state index >= 15 is 0 Å². The summed E-state index contributed by atoms with van der Waals surface area (Å²) >= 11 is 1.55. The summed E-state index contributed by atoms with van der Waals surface area (Å²) < 4.78 is 10.6. The van der Waals surface area contributed by atoms with Gasteiger partial charge in [-0.05, 0) is 42.9 Å². The maximum atomic E-state index is 12.9. The van der Waals surface area contributed by atoms with Gasteiger partial charge in [0.25, 0.3) is 5.91 Å². The average Bonchev–Trinajstić information content (AvgIpc) is 2.96. The van der Waals surface area contributed by atoms with Crippen LogP contribution in [0.2, 0.25) is 0 Å². The highest BCUT2D eigenvalue weighted by molar-refractivity contribution is 7.16. The highest BCUT2D eigenvalue weighted by Gasteiger charge is 2.27. The normalized spacial score (nSPS) is 16.2. The fraction of sp³-hybridized carbons (Fsp3) is 0.421. The van der Waals surface area contributed by atoms with Gasteiger partial charge in [-0.2, -0.15) is 0 Å². The Morgan fingerprint density at radius 2 is 2.16 bits per heavy atom. The molecule has 1 aliphatic rings. The van der Waals surface area contributed by atoms with E-state index in [-0.39, 0.29) is 5.91 Å². The zero-order valence-electron chi connectivity index (χ0n) is 14.8. The molecule has 134 valence electrons. The lowest BCUT2D eigenvalue weighted by Gasteiger charge is -2.21. The molecule has 1 aliphatic carbocycles. The molecule has 0 radical (unpaired) electrons. The van der Waals surface area contributed by atoms with E-state index in [0.29, 0.717) is 33.7 Å². The van der Waals surface area contributed by atoms with E-state index < -0.39 is 0 Å². The fourth-order valence-electron chi connectivity index (χ4n) is 3.37. The number of carbonyl (C=O) groups excluding carboxylic acids is 1. The van der Waals surface area contributed by atoms with Gasteiger partial charge in [-0.25, -0.2) is 0 Å². The molecular weight excluding hydrogens is 336 g/mol. The van der Waals surface area contributed by atoms with Crippen molar-refractivity contribution in [2.24, 2.45) is 5.92 Å². The largest absolute Gasteiger partial charge is 0.497 e. The van der Waals surface area contributed by atoms with Crippen molar-refractivity contribution in [3.05, 3.63) is 34.2 Å². The molecule has 0 spiro atoms. The van der Waals surface area contributed by atoms with Crippen molar-refractivity contribution in [2.75, 3.05) is 25.3 Å². The van der Waals surface area contributed by atoms with Crippen molar-refractivity contribution >= 4 is 27.9 Å². The van der Waals surface area contributed by atoms with Crippen molar-refractivity contribution < 1.29 is 14.3 Å². The molecule has 6 heteroatoms. The number of thiophene rings is 1. The maximum Gasteiger partial charge on any atom is 0.259 e. The van der Waals surface area contributed by atoms with Crippen molar-refractivity contribution in [2.45, 2.75) is 32.6 Å². The molecular formula is C19H24N2O3S. The molecule has 0 fully saturated rings. The zero-order valence-corrected chi connectivity index (χ0v) is 15.7. The molecule has 0 saturated heterocycles. The number of benzene rings is 1. The van der Waals surface area contributed by atoms with E-state index in [9.17, 15) is 4.79 Å². The van der Waals surface area contributed by atoms with Gasteiger partial charge in [-0.1, -0.05) is 13.3 Å². The summed E-state index contributed by atoms with van der Waals surface area (Å²) in [6, 6.07) is 5.31. The quantitative estimate of drug-likeness (QED) is 0.841. The monoisotopic (exact) mass is 360 g/mol. The molecule has 1 unspecified atom stereocenters. The Labute approximate surface area is 152 Å². The molecule has 2 aromatic rings. The molecule has 0 saturated carbocycles. The number of nitrogen functional groups attached to an aromatic ring is 1. The lowest BCUT2D eigenvalue weighted by molar-refractivity contribution is 0.102. The van der Waals surface area contributed by atoms with Crippen molar-refractivity contribution in [1.29, 1.82) is 0 Å². The van der Waals surface area contributed by atoms with Crippen LogP contribution in [0.25, 0.3) is 0 Å². The fourth-order valence-corrected chi connectivity index (χ4v) is 4.60. The molecule has 1 atom stereocenters. The first-order chi connectivity index (χ1) is 12.1. The van der Waals surface area contributed by atoms with Crippen LogP contribution in [0.15, 0.2) is 18.2 Å². The lowest BCUT2D eigenvalue weighted by atomic mass is 9.85. The summed E-state index contributed by atoms with van der Waals surface area (Å²) in [4.78, 5) is 14.2. The summed E-state index contributed by atoms with van der Waals surface area (Å²) in [6.07, 6.45) is 4.22. The minimum Gasteiger partial charge on any atom is -0.497 e. The predicted molar refractivity (Wildman–Crippen MR) is 102 cm³/mol. The second kappa shape index (κ2) is 7.35. The molecule has 5 nitrogen and oxygen atoms in total. The van der Waals surface area contributed by atoms with Crippen LogP contribution in [0.1, 0.15) is 40.6 Å². The number of nitrogens with one attached hydrogen (secondary N) is 1. The Bertz CT molecular complexity index is 785. The van der Waals surface area contributed by atoms with Crippen molar-refractivity contribution in [3.63, 3.8) is 0 Å². The Morgan fingerprint density at radius 1 is 1.36 bits per heavy atom. The second-order valence-electron chi connectivity index (χ2n) is 6.28. The van der Waals surface area contributed by atoms with E-state index in [0.717, 1.165) is 24.8 Å².